The van der Waals surface area contributed by atoms with Crippen LogP contribution in [0.2, 0.25) is 0 Å². The van der Waals surface area contributed by atoms with E-state index in [2.05, 4.69) is 20.7 Å². The van der Waals surface area contributed by atoms with Gasteiger partial charge in [-0.1, -0.05) is 13.8 Å². The summed E-state index contributed by atoms with van der Waals surface area (Å²) in [6, 6.07) is 0.135. The minimum Gasteiger partial charge on any atom is -0.381 e. The van der Waals surface area contributed by atoms with E-state index in [9.17, 15) is 4.79 Å². The normalized spacial score (nSPS) is 21.4. The van der Waals surface area contributed by atoms with Crippen molar-refractivity contribution in [2.75, 3.05) is 12.5 Å². The number of ether oxygens (including phenoxy) is 1. The average Bonchev–Trinajstić information content (AvgIpc) is 2.41. The van der Waals surface area contributed by atoms with Gasteiger partial charge in [-0.3, -0.25) is 10.6 Å². The molecule has 0 saturated heterocycles. The topological polar surface area (TPSA) is 102 Å². The molecule has 1 aliphatic carbocycles. The Labute approximate surface area is 118 Å². The van der Waals surface area contributed by atoms with Gasteiger partial charge in [0.2, 0.25) is 0 Å². The number of amides is 1. The fraction of sp³-hybridized carbons (Fsp3) is 0.615. The summed E-state index contributed by atoms with van der Waals surface area (Å²) in [5.74, 6) is 5.94. The lowest BCUT2D eigenvalue weighted by Crippen LogP contribution is -2.47. The maximum atomic E-state index is 12.3. The highest BCUT2D eigenvalue weighted by Gasteiger charge is 2.31. The van der Waals surface area contributed by atoms with Gasteiger partial charge in [0.25, 0.3) is 5.91 Å². The molecule has 1 heterocycles. The first-order valence-electron chi connectivity index (χ1n) is 6.72. The zero-order chi connectivity index (χ0) is 14.7. The van der Waals surface area contributed by atoms with Gasteiger partial charge in [-0.15, -0.1) is 0 Å². The molecule has 1 aliphatic rings. The summed E-state index contributed by atoms with van der Waals surface area (Å²) in [6.07, 6.45) is 3.44. The Balaban J connectivity index is 2.09. The smallest absolute Gasteiger partial charge is 0.272 e. The van der Waals surface area contributed by atoms with E-state index in [-0.39, 0.29) is 29.7 Å². The van der Waals surface area contributed by atoms with Gasteiger partial charge in [0, 0.05) is 19.1 Å². The number of carbonyl (C=O) groups is 1. The van der Waals surface area contributed by atoms with Crippen LogP contribution in [0.5, 0.6) is 0 Å². The summed E-state index contributed by atoms with van der Waals surface area (Å²) >= 11 is 0. The molecule has 0 aliphatic heterocycles. The van der Waals surface area contributed by atoms with Gasteiger partial charge in [0.15, 0.2) is 5.69 Å². The summed E-state index contributed by atoms with van der Waals surface area (Å²) in [5, 5.41) is 2.93. The SMILES string of the molecule is COC1CC(NC(=O)c2nc(C(C)C)ncc2NN)C1. The molecule has 0 spiro atoms. The lowest BCUT2D eigenvalue weighted by molar-refractivity contribution is 0.0175. The number of anilines is 1. The molecule has 7 heteroatoms. The number of hydrogen-bond donors (Lipinski definition) is 3. The van der Waals surface area contributed by atoms with Crippen LogP contribution in [0, 0.1) is 0 Å². The number of nitrogens with two attached hydrogens (primary N) is 1. The molecule has 4 N–H and O–H groups in total. The third-order valence-electron chi connectivity index (χ3n) is 3.46. The predicted octanol–water partition coefficient (Wildman–Crippen LogP) is 0.793. The van der Waals surface area contributed by atoms with Crippen molar-refractivity contribution in [2.24, 2.45) is 5.84 Å². The van der Waals surface area contributed by atoms with Crippen LogP contribution in [0.3, 0.4) is 0 Å². The molecule has 7 nitrogen and oxygen atoms in total. The zero-order valence-corrected chi connectivity index (χ0v) is 12.0. The lowest BCUT2D eigenvalue weighted by atomic mass is 9.89. The molecule has 1 fully saturated rings. The molecular formula is C13H21N5O2. The molecule has 0 atom stereocenters. The standard InChI is InChI=1S/C13H21N5O2/c1-7(2)12-15-6-10(18-14)11(17-12)13(19)16-8-4-9(5-8)20-3/h6-9,18H,4-5,14H2,1-3H3,(H,16,19). The van der Waals surface area contributed by atoms with Crippen LogP contribution < -0.4 is 16.6 Å². The Morgan fingerprint density at radius 3 is 2.75 bits per heavy atom. The molecule has 110 valence electrons. The highest BCUT2D eigenvalue weighted by atomic mass is 16.5. The Hall–Kier alpha value is -1.73. The van der Waals surface area contributed by atoms with E-state index in [1.807, 2.05) is 13.8 Å². The monoisotopic (exact) mass is 279 g/mol. The van der Waals surface area contributed by atoms with E-state index in [4.69, 9.17) is 10.6 Å². The van der Waals surface area contributed by atoms with Crippen molar-refractivity contribution in [1.82, 2.24) is 15.3 Å². The Morgan fingerprint density at radius 1 is 1.50 bits per heavy atom. The number of methoxy groups -OCH3 is 1. The molecule has 1 amide bonds. The predicted molar refractivity (Wildman–Crippen MR) is 75.2 cm³/mol. The molecule has 0 radical (unpaired) electrons. The number of carbonyl (C=O) groups excluding carboxylic acids is 1. The first-order chi connectivity index (χ1) is 9.55. The number of nitrogens with zero attached hydrogens (tertiary/aromatic N) is 2. The number of rotatable bonds is 5. The van der Waals surface area contributed by atoms with Crippen molar-refractivity contribution in [1.29, 1.82) is 0 Å². The number of hydrogen-bond acceptors (Lipinski definition) is 6. The van der Waals surface area contributed by atoms with E-state index in [1.165, 1.54) is 6.20 Å². The minimum atomic E-state index is -0.234. The highest BCUT2D eigenvalue weighted by molar-refractivity contribution is 5.97. The van der Waals surface area contributed by atoms with Gasteiger partial charge >= 0.3 is 0 Å². The maximum Gasteiger partial charge on any atom is 0.272 e. The summed E-state index contributed by atoms with van der Waals surface area (Å²) in [4.78, 5) is 20.7. The molecule has 0 aromatic carbocycles. The molecule has 0 unspecified atom stereocenters. The first kappa shape index (κ1) is 14.7. The van der Waals surface area contributed by atoms with Crippen LogP contribution in [-0.2, 0) is 4.74 Å². The van der Waals surface area contributed by atoms with E-state index >= 15 is 0 Å². The summed E-state index contributed by atoms with van der Waals surface area (Å²) in [6.45, 7) is 3.95. The van der Waals surface area contributed by atoms with Crippen LogP contribution in [0.25, 0.3) is 0 Å². The van der Waals surface area contributed by atoms with Gasteiger partial charge < -0.3 is 15.5 Å². The molecule has 20 heavy (non-hydrogen) atoms. The summed E-state index contributed by atoms with van der Waals surface area (Å²) in [7, 11) is 1.68. The third-order valence-corrected chi connectivity index (χ3v) is 3.46. The third kappa shape index (κ3) is 3.05. The van der Waals surface area contributed by atoms with Crippen LogP contribution >= 0.6 is 0 Å². The molecule has 1 aromatic heterocycles. The van der Waals surface area contributed by atoms with Gasteiger partial charge in [-0.05, 0) is 12.8 Å². The zero-order valence-electron chi connectivity index (χ0n) is 12.0. The number of nitrogens with one attached hydrogen (secondary N) is 2. The lowest BCUT2D eigenvalue weighted by Gasteiger charge is -2.34. The fourth-order valence-corrected chi connectivity index (χ4v) is 2.08. The van der Waals surface area contributed by atoms with E-state index < -0.39 is 0 Å². The van der Waals surface area contributed by atoms with E-state index in [0.29, 0.717) is 11.5 Å². The van der Waals surface area contributed by atoms with Gasteiger partial charge in [-0.2, -0.15) is 0 Å². The quantitative estimate of drug-likeness (QED) is 0.544. The second-order valence-corrected chi connectivity index (χ2v) is 5.29. The van der Waals surface area contributed by atoms with Crippen molar-refractivity contribution in [2.45, 2.75) is 44.8 Å². The highest BCUT2D eigenvalue weighted by Crippen LogP contribution is 2.23. The van der Waals surface area contributed by atoms with Crippen molar-refractivity contribution >= 4 is 11.6 Å². The molecular weight excluding hydrogens is 258 g/mol. The fourth-order valence-electron chi connectivity index (χ4n) is 2.08. The second-order valence-electron chi connectivity index (χ2n) is 5.29. The largest absolute Gasteiger partial charge is 0.381 e. The van der Waals surface area contributed by atoms with Crippen molar-refractivity contribution in [3.63, 3.8) is 0 Å². The number of aromatic nitrogens is 2. The summed E-state index contributed by atoms with van der Waals surface area (Å²) < 4.78 is 5.19. The van der Waals surface area contributed by atoms with E-state index in [0.717, 1.165) is 12.8 Å². The molecule has 2 rings (SSSR count). The Kier molecular flexibility index (Phi) is 4.51. The van der Waals surface area contributed by atoms with Gasteiger partial charge in [0.1, 0.15) is 5.82 Å². The molecule has 0 bridgehead atoms. The van der Waals surface area contributed by atoms with Crippen LogP contribution in [0.1, 0.15) is 48.9 Å². The van der Waals surface area contributed by atoms with Crippen molar-refractivity contribution in [3.8, 4) is 0 Å². The minimum absolute atomic E-state index is 0.135. The maximum absolute atomic E-state index is 12.3. The molecule has 1 aromatic rings. The number of nitrogen functional groups attached to an aromatic ring is 1. The van der Waals surface area contributed by atoms with Crippen molar-refractivity contribution < 1.29 is 9.53 Å². The number of hydrazine groups is 1. The van der Waals surface area contributed by atoms with Gasteiger partial charge in [0.05, 0.1) is 18.0 Å². The van der Waals surface area contributed by atoms with Crippen molar-refractivity contribution in [3.05, 3.63) is 17.7 Å². The summed E-state index contributed by atoms with van der Waals surface area (Å²) in [5.41, 5.74) is 3.17. The van der Waals surface area contributed by atoms with Crippen LogP contribution in [0.4, 0.5) is 5.69 Å². The molecule has 1 saturated carbocycles. The average molecular weight is 279 g/mol. The Morgan fingerprint density at radius 2 is 2.20 bits per heavy atom. The van der Waals surface area contributed by atoms with E-state index in [1.54, 1.807) is 7.11 Å². The Bertz CT molecular complexity index is 486. The van der Waals surface area contributed by atoms with Gasteiger partial charge in [-0.25, -0.2) is 9.97 Å². The second kappa shape index (κ2) is 6.15. The van der Waals surface area contributed by atoms with Crippen LogP contribution in [-0.4, -0.2) is 35.1 Å². The first-order valence-corrected chi connectivity index (χ1v) is 6.72. The van der Waals surface area contributed by atoms with Crippen LogP contribution in [0.15, 0.2) is 6.20 Å².